The molecular weight excluding hydrogens is 400 g/mol. The van der Waals surface area contributed by atoms with E-state index >= 15 is 0 Å². The van der Waals surface area contributed by atoms with Crippen molar-refractivity contribution in [3.05, 3.63) is 36.1 Å². The fraction of sp³-hybridized carbons (Fsp3) is 0.625. The maximum atomic E-state index is 12.0. The van der Waals surface area contributed by atoms with Crippen LogP contribution in [0.2, 0.25) is 0 Å². The highest BCUT2D eigenvalue weighted by Crippen LogP contribution is 2.61. The number of aliphatic hydroxyl groups excluding tert-OH is 1. The molecule has 2 aliphatic carbocycles. The number of fused-ring (bicyclic) bond motifs is 1. The Morgan fingerprint density at radius 2 is 2.06 bits per heavy atom. The van der Waals surface area contributed by atoms with Gasteiger partial charge in [-0.2, -0.15) is 0 Å². The lowest BCUT2D eigenvalue weighted by molar-refractivity contribution is -0.175. The first-order chi connectivity index (χ1) is 14.6. The van der Waals surface area contributed by atoms with Gasteiger partial charge in [0, 0.05) is 5.41 Å². The van der Waals surface area contributed by atoms with Gasteiger partial charge in [0.15, 0.2) is 0 Å². The summed E-state index contributed by atoms with van der Waals surface area (Å²) in [5, 5.41) is 19.7. The van der Waals surface area contributed by atoms with Crippen LogP contribution in [0.4, 0.5) is 0 Å². The highest BCUT2D eigenvalue weighted by molar-refractivity contribution is 5.94. The van der Waals surface area contributed by atoms with Gasteiger partial charge in [0.2, 0.25) is 0 Å². The number of allylic oxidation sites excluding steroid dienone is 2. The molecule has 1 heterocycles. The van der Waals surface area contributed by atoms with Gasteiger partial charge >= 0.3 is 17.9 Å². The van der Waals surface area contributed by atoms with E-state index in [0.29, 0.717) is 18.4 Å². The van der Waals surface area contributed by atoms with Gasteiger partial charge in [0.25, 0.3) is 0 Å². The SMILES string of the molecule is C=C1CCC2C(C)(COC(=O)CCC(=O)O)C(O)CCC2(C)C1CC=C1C=COC1=O. The van der Waals surface area contributed by atoms with Crippen molar-refractivity contribution in [2.24, 2.45) is 22.7 Å². The zero-order valence-electron chi connectivity index (χ0n) is 18.3. The normalized spacial score (nSPS) is 36.2. The molecule has 7 nitrogen and oxygen atoms in total. The summed E-state index contributed by atoms with van der Waals surface area (Å²) in [7, 11) is 0. The van der Waals surface area contributed by atoms with Crippen molar-refractivity contribution in [2.45, 2.75) is 64.9 Å². The van der Waals surface area contributed by atoms with Crippen molar-refractivity contribution < 1.29 is 34.1 Å². The Labute approximate surface area is 182 Å². The molecule has 5 unspecified atom stereocenters. The average Bonchev–Trinajstić information content (AvgIpc) is 3.12. The molecule has 5 atom stereocenters. The van der Waals surface area contributed by atoms with Crippen LogP contribution in [0, 0.1) is 22.7 Å². The highest BCUT2D eigenvalue weighted by Gasteiger charge is 2.58. The summed E-state index contributed by atoms with van der Waals surface area (Å²) in [6, 6.07) is 0. The van der Waals surface area contributed by atoms with E-state index in [-0.39, 0.29) is 42.7 Å². The third kappa shape index (κ3) is 4.61. The number of aliphatic carboxylic acids is 1. The third-order valence-electron chi connectivity index (χ3n) is 7.67. The Balaban J connectivity index is 1.78. The van der Waals surface area contributed by atoms with Gasteiger partial charge in [0.1, 0.15) is 0 Å². The first-order valence-corrected chi connectivity index (χ1v) is 10.9. The Bertz CT molecular complexity index is 826. The van der Waals surface area contributed by atoms with Gasteiger partial charge in [-0.1, -0.05) is 32.1 Å². The topological polar surface area (TPSA) is 110 Å². The number of esters is 2. The predicted octanol–water partition coefficient (Wildman–Crippen LogP) is 3.53. The number of ether oxygens (including phenoxy) is 2. The average molecular weight is 433 g/mol. The molecule has 1 aliphatic heterocycles. The molecule has 3 rings (SSSR count). The number of carboxylic acids is 1. The molecule has 0 spiro atoms. The number of aliphatic hydroxyl groups is 1. The van der Waals surface area contributed by atoms with E-state index in [2.05, 4.69) is 13.5 Å². The second kappa shape index (κ2) is 8.99. The second-order valence-corrected chi connectivity index (χ2v) is 9.53. The van der Waals surface area contributed by atoms with Gasteiger partial charge in [-0.25, -0.2) is 4.79 Å². The first kappa shape index (κ1) is 23.3. The molecule has 3 aliphatic rings. The van der Waals surface area contributed by atoms with Gasteiger partial charge in [-0.05, 0) is 55.4 Å². The maximum absolute atomic E-state index is 12.0. The molecule has 0 amide bonds. The van der Waals surface area contributed by atoms with Crippen LogP contribution in [0.15, 0.2) is 36.1 Å². The molecule has 0 aromatic heterocycles. The summed E-state index contributed by atoms with van der Waals surface area (Å²) in [5.74, 6) is -1.72. The fourth-order valence-corrected chi connectivity index (χ4v) is 5.84. The van der Waals surface area contributed by atoms with Gasteiger partial charge in [-0.3, -0.25) is 9.59 Å². The summed E-state index contributed by atoms with van der Waals surface area (Å²) in [5.41, 5.74) is 0.886. The van der Waals surface area contributed by atoms with Crippen molar-refractivity contribution in [1.29, 1.82) is 0 Å². The Hall–Kier alpha value is -2.41. The van der Waals surface area contributed by atoms with E-state index in [4.69, 9.17) is 14.6 Å². The van der Waals surface area contributed by atoms with E-state index in [1.165, 1.54) is 6.26 Å². The summed E-state index contributed by atoms with van der Waals surface area (Å²) in [4.78, 5) is 34.5. The van der Waals surface area contributed by atoms with Gasteiger partial charge < -0.3 is 19.7 Å². The Kier molecular flexibility index (Phi) is 6.74. The largest absolute Gasteiger partial charge is 0.481 e. The van der Waals surface area contributed by atoms with Crippen molar-refractivity contribution in [3.8, 4) is 0 Å². The number of hydrogen-bond donors (Lipinski definition) is 2. The van der Waals surface area contributed by atoms with Gasteiger partial charge in [0.05, 0.1) is 37.4 Å². The lowest BCUT2D eigenvalue weighted by atomic mass is 9.46. The zero-order chi connectivity index (χ0) is 22.8. The van der Waals surface area contributed by atoms with Crippen LogP contribution in [-0.2, 0) is 23.9 Å². The molecule has 2 N–H and O–H groups in total. The maximum Gasteiger partial charge on any atom is 0.342 e. The van der Waals surface area contributed by atoms with E-state index in [0.717, 1.165) is 24.8 Å². The summed E-state index contributed by atoms with van der Waals surface area (Å²) >= 11 is 0. The molecule has 0 saturated heterocycles. The summed E-state index contributed by atoms with van der Waals surface area (Å²) in [6.45, 7) is 8.54. The highest BCUT2D eigenvalue weighted by atomic mass is 16.5. The van der Waals surface area contributed by atoms with E-state index in [1.54, 1.807) is 6.08 Å². The summed E-state index contributed by atoms with van der Waals surface area (Å²) in [6.07, 6.45) is 7.60. The van der Waals surface area contributed by atoms with Crippen LogP contribution < -0.4 is 0 Å². The van der Waals surface area contributed by atoms with Crippen molar-refractivity contribution in [3.63, 3.8) is 0 Å². The zero-order valence-corrected chi connectivity index (χ0v) is 18.3. The number of carbonyl (C=O) groups is 3. The number of cyclic esters (lactones) is 1. The lowest BCUT2D eigenvalue weighted by Crippen LogP contribution is -2.57. The molecular formula is C24H32O7. The van der Waals surface area contributed by atoms with Crippen LogP contribution >= 0.6 is 0 Å². The minimum atomic E-state index is -1.04. The molecule has 170 valence electrons. The second-order valence-electron chi connectivity index (χ2n) is 9.53. The molecule has 7 heteroatoms. The van der Waals surface area contributed by atoms with Crippen LogP contribution in [0.3, 0.4) is 0 Å². The first-order valence-electron chi connectivity index (χ1n) is 10.9. The molecule has 2 fully saturated rings. The van der Waals surface area contributed by atoms with Crippen molar-refractivity contribution >= 4 is 17.9 Å². The number of carbonyl (C=O) groups excluding carboxylic acids is 2. The minimum absolute atomic E-state index is 0.0578. The standard InChI is InChI=1S/C24H32O7/c1-15-4-7-18-23(2,17(15)6-5-16-11-13-30-22(16)29)12-10-19(25)24(18,3)14-31-21(28)9-8-20(26)27/h5,11,13,17-19,25H,1,4,6-10,12,14H2,2-3H3,(H,26,27). The summed E-state index contributed by atoms with van der Waals surface area (Å²) < 4.78 is 10.3. The van der Waals surface area contributed by atoms with Crippen molar-refractivity contribution in [1.82, 2.24) is 0 Å². The van der Waals surface area contributed by atoms with Crippen molar-refractivity contribution in [2.75, 3.05) is 6.61 Å². The van der Waals surface area contributed by atoms with E-state index in [9.17, 15) is 19.5 Å². The van der Waals surface area contributed by atoms with E-state index in [1.807, 2.05) is 13.0 Å². The Morgan fingerprint density at radius 1 is 1.32 bits per heavy atom. The molecule has 0 aromatic rings. The molecule has 0 radical (unpaired) electrons. The quantitative estimate of drug-likeness (QED) is 0.360. The lowest BCUT2D eigenvalue weighted by Gasteiger charge is -2.60. The predicted molar refractivity (Wildman–Crippen MR) is 113 cm³/mol. The van der Waals surface area contributed by atoms with Crippen LogP contribution in [0.5, 0.6) is 0 Å². The monoisotopic (exact) mass is 432 g/mol. The minimum Gasteiger partial charge on any atom is -0.481 e. The smallest absolute Gasteiger partial charge is 0.342 e. The molecule has 31 heavy (non-hydrogen) atoms. The van der Waals surface area contributed by atoms with Crippen LogP contribution in [0.1, 0.15) is 58.8 Å². The molecule has 0 bridgehead atoms. The molecule has 0 aromatic carbocycles. The fourth-order valence-electron chi connectivity index (χ4n) is 5.84. The number of hydrogen-bond acceptors (Lipinski definition) is 6. The number of carboxylic acid groups (broad SMARTS) is 1. The van der Waals surface area contributed by atoms with E-state index < -0.39 is 23.5 Å². The Morgan fingerprint density at radius 3 is 2.71 bits per heavy atom. The third-order valence-corrected chi connectivity index (χ3v) is 7.67. The number of rotatable bonds is 7. The van der Waals surface area contributed by atoms with Gasteiger partial charge in [-0.15, -0.1) is 0 Å². The van der Waals surface area contributed by atoms with Crippen LogP contribution in [0.25, 0.3) is 0 Å². The molecule has 2 saturated carbocycles. The van der Waals surface area contributed by atoms with Crippen LogP contribution in [-0.4, -0.2) is 40.8 Å².